The minimum absolute atomic E-state index is 0.0588. The van der Waals surface area contributed by atoms with Gasteiger partial charge in [-0.2, -0.15) is 0 Å². The van der Waals surface area contributed by atoms with Crippen LogP contribution in [0, 0.1) is 0 Å². The van der Waals surface area contributed by atoms with Crippen molar-refractivity contribution < 1.29 is 23.4 Å². The number of ether oxygens (including phenoxy) is 1. The fourth-order valence-corrected chi connectivity index (χ4v) is 1.82. The van der Waals surface area contributed by atoms with E-state index in [-0.39, 0.29) is 12.4 Å². The van der Waals surface area contributed by atoms with E-state index in [2.05, 4.69) is 19.7 Å². The summed E-state index contributed by atoms with van der Waals surface area (Å²) in [5.41, 5.74) is 6.59. The Bertz CT molecular complexity index is 620. The van der Waals surface area contributed by atoms with Crippen molar-refractivity contribution in [2.75, 3.05) is 18.7 Å². The highest BCUT2D eigenvalue weighted by molar-refractivity contribution is 7.52. The molecule has 2 aromatic heterocycles. The van der Waals surface area contributed by atoms with E-state index in [0.717, 1.165) is 0 Å². The number of fused-ring (bicyclic) bond motifs is 1. The number of aromatic nitrogens is 4. The summed E-state index contributed by atoms with van der Waals surface area (Å²) >= 11 is 0. The number of halogens is 1. The van der Waals surface area contributed by atoms with Crippen LogP contribution in [0.2, 0.25) is 0 Å². The van der Waals surface area contributed by atoms with Crippen molar-refractivity contribution in [3.63, 3.8) is 0 Å². The van der Waals surface area contributed by atoms with E-state index in [1.54, 1.807) is 4.57 Å². The zero-order valence-corrected chi connectivity index (χ0v) is 10.5. The van der Waals surface area contributed by atoms with Crippen molar-refractivity contribution in [3.8, 4) is 0 Å². The smallest absolute Gasteiger partial charge is 0.382 e. The van der Waals surface area contributed by atoms with E-state index >= 15 is 0 Å². The van der Waals surface area contributed by atoms with Gasteiger partial charge in [0.1, 0.15) is 11.8 Å². The Morgan fingerprint density at radius 1 is 1.47 bits per heavy atom. The lowest BCUT2D eigenvalue weighted by Crippen LogP contribution is -2.07. The minimum Gasteiger partial charge on any atom is -0.382 e. The van der Waals surface area contributed by atoms with Gasteiger partial charge in [0, 0.05) is 6.54 Å². The molecule has 19 heavy (non-hydrogen) atoms. The molecule has 0 aliphatic carbocycles. The average Bonchev–Trinajstić information content (AvgIpc) is 2.80. The lowest BCUT2D eigenvalue weighted by atomic mass is 10.5. The van der Waals surface area contributed by atoms with Gasteiger partial charge in [0.05, 0.1) is 12.9 Å². The van der Waals surface area contributed by atoms with Crippen LogP contribution in [-0.4, -0.2) is 37.4 Å². The van der Waals surface area contributed by atoms with Crippen LogP contribution in [-0.2, 0) is 20.6 Å². The van der Waals surface area contributed by atoms with Crippen molar-refractivity contribution in [1.29, 1.82) is 0 Å². The molecule has 9 nitrogen and oxygen atoms in total. The predicted octanol–water partition coefficient (Wildman–Crippen LogP) is 0.469. The molecular formula is C8H11FN5O4P. The molecule has 0 fully saturated rings. The van der Waals surface area contributed by atoms with Crippen LogP contribution in [0.4, 0.5) is 10.3 Å². The van der Waals surface area contributed by atoms with Gasteiger partial charge in [0.25, 0.3) is 0 Å². The maximum Gasteiger partial charge on any atom is 0.385 e. The molecule has 2 aromatic rings. The third-order valence-electron chi connectivity index (χ3n) is 2.27. The number of nitrogens with zero attached hydrogens (tertiary/aromatic N) is 4. The molecule has 0 radical (unpaired) electrons. The molecule has 1 atom stereocenters. The van der Waals surface area contributed by atoms with Crippen LogP contribution >= 0.6 is 7.60 Å². The van der Waals surface area contributed by atoms with Gasteiger partial charge in [-0.1, -0.05) is 0 Å². The van der Waals surface area contributed by atoms with Gasteiger partial charge in [-0.05, 0) is 4.53 Å². The molecule has 104 valence electrons. The quantitative estimate of drug-likeness (QED) is 0.581. The summed E-state index contributed by atoms with van der Waals surface area (Å²) < 4.78 is 31.7. The number of nitrogens with two attached hydrogens (primary N) is 1. The molecule has 0 spiro atoms. The number of rotatable bonds is 6. The molecule has 11 heteroatoms. The summed E-state index contributed by atoms with van der Waals surface area (Å²) in [5, 5.41) is 0. The summed E-state index contributed by atoms with van der Waals surface area (Å²) in [7, 11) is -4.30. The Morgan fingerprint density at radius 3 is 3.00 bits per heavy atom. The molecule has 0 aromatic carbocycles. The number of hydrogen-bond donors (Lipinski definition) is 2. The third kappa shape index (κ3) is 3.24. The van der Waals surface area contributed by atoms with E-state index in [9.17, 15) is 9.09 Å². The Balaban J connectivity index is 1.96. The van der Waals surface area contributed by atoms with Crippen LogP contribution in [0.5, 0.6) is 0 Å². The zero-order chi connectivity index (χ0) is 13.9. The largest absolute Gasteiger partial charge is 0.385 e. The standard InChI is InChI=1S/C8H11FN5O4P/c9-18-19(15,16)5-17-2-1-14-4-13-6-7(10)11-3-12-8(6)14/h3-4H,1-2,5H2,(H,15,16)(H2,10,11,12). The van der Waals surface area contributed by atoms with Crippen LogP contribution in [0.3, 0.4) is 0 Å². The molecular weight excluding hydrogens is 280 g/mol. The van der Waals surface area contributed by atoms with Crippen LogP contribution in [0.15, 0.2) is 12.7 Å². The number of anilines is 1. The monoisotopic (exact) mass is 291 g/mol. The summed E-state index contributed by atoms with van der Waals surface area (Å²) in [6.07, 6.45) is 2.06. The summed E-state index contributed by atoms with van der Waals surface area (Å²) in [6, 6.07) is 0. The molecule has 0 saturated heterocycles. The molecule has 0 saturated carbocycles. The van der Waals surface area contributed by atoms with Gasteiger partial charge >= 0.3 is 7.60 Å². The molecule has 2 rings (SSSR count). The van der Waals surface area contributed by atoms with Crippen molar-refractivity contribution in [2.24, 2.45) is 0 Å². The van der Waals surface area contributed by atoms with Gasteiger partial charge in [0.2, 0.25) is 0 Å². The molecule has 0 amide bonds. The van der Waals surface area contributed by atoms with E-state index in [1.807, 2.05) is 0 Å². The summed E-state index contributed by atoms with van der Waals surface area (Å²) in [6.45, 7) is 0.364. The first-order chi connectivity index (χ1) is 9.03. The highest BCUT2D eigenvalue weighted by Crippen LogP contribution is 2.41. The second kappa shape index (κ2) is 5.57. The Hall–Kier alpha value is -1.61. The van der Waals surface area contributed by atoms with Crippen molar-refractivity contribution in [2.45, 2.75) is 6.54 Å². The second-order valence-electron chi connectivity index (χ2n) is 3.61. The van der Waals surface area contributed by atoms with Gasteiger partial charge < -0.3 is 19.9 Å². The van der Waals surface area contributed by atoms with Gasteiger partial charge in [-0.15, -0.1) is 4.73 Å². The highest BCUT2D eigenvalue weighted by atomic mass is 31.2. The van der Waals surface area contributed by atoms with Crippen molar-refractivity contribution in [1.82, 2.24) is 19.5 Å². The molecule has 2 heterocycles. The normalized spacial score (nSPS) is 14.6. The van der Waals surface area contributed by atoms with Crippen molar-refractivity contribution in [3.05, 3.63) is 12.7 Å². The molecule has 1 unspecified atom stereocenters. The lowest BCUT2D eigenvalue weighted by Gasteiger charge is -2.07. The summed E-state index contributed by atoms with van der Waals surface area (Å²) in [4.78, 5) is 20.6. The van der Waals surface area contributed by atoms with E-state index in [4.69, 9.17) is 15.4 Å². The first-order valence-electron chi connectivity index (χ1n) is 5.15. The Labute approximate surface area is 106 Å². The van der Waals surface area contributed by atoms with Gasteiger partial charge in [-0.25, -0.2) is 15.0 Å². The molecule has 0 aliphatic heterocycles. The molecule has 0 aliphatic rings. The molecule has 3 N–H and O–H groups in total. The number of imidazole rings is 1. The van der Waals surface area contributed by atoms with E-state index < -0.39 is 13.9 Å². The predicted molar refractivity (Wildman–Crippen MR) is 62.6 cm³/mol. The van der Waals surface area contributed by atoms with E-state index in [0.29, 0.717) is 17.7 Å². The van der Waals surface area contributed by atoms with Crippen LogP contribution in [0.1, 0.15) is 0 Å². The SMILES string of the molecule is Nc1ncnc2c1ncn2CCOCP(=O)(O)OF. The van der Waals surface area contributed by atoms with Crippen LogP contribution in [0.25, 0.3) is 11.2 Å². The van der Waals surface area contributed by atoms with Gasteiger partial charge in [0.15, 0.2) is 17.8 Å². The third-order valence-corrected chi connectivity index (χ3v) is 2.99. The maximum atomic E-state index is 11.6. The maximum absolute atomic E-state index is 11.6. The zero-order valence-electron chi connectivity index (χ0n) is 9.64. The lowest BCUT2D eigenvalue weighted by molar-refractivity contribution is -0.0275. The Morgan fingerprint density at radius 2 is 2.26 bits per heavy atom. The van der Waals surface area contributed by atoms with Crippen LogP contribution < -0.4 is 5.73 Å². The Kier molecular flexibility index (Phi) is 4.05. The molecule has 0 bridgehead atoms. The van der Waals surface area contributed by atoms with Gasteiger partial charge in [-0.3, -0.25) is 4.57 Å². The number of hydrogen-bond acceptors (Lipinski definition) is 7. The van der Waals surface area contributed by atoms with E-state index in [1.165, 1.54) is 12.7 Å². The topological polar surface area (TPSA) is 125 Å². The van der Waals surface area contributed by atoms with Crippen molar-refractivity contribution >= 4 is 24.6 Å². The highest BCUT2D eigenvalue weighted by Gasteiger charge is 2.20. The first kappa shape index (κ1) is 13.8. The fourth-order valence-electron chi connectivity index (χ4n) is 1.43. The minimum atomic E-state index is -4.30. The first-order valence-corrected chi connectivity index (χ1v) is 6.91. The fraction of sp³-hybridized carbons (Fsp3) is 0.375. The summed E-state index contributed by atoms with van der Waals surface area (Å²) in [5.74, 6) is 0.260. The average molecular weight is 291 g/mol. The number of nitrogen functional groups attached to an aromatic ring is 1. The second-order valence-corrected chi connectivity index (χ2v) is 5.28.